The number of ether oxygens (including phenoxy) is 1. The van der Waals surface area contributed by atoms with Gasteiger partial charge in [-0.25, -0.2) is 0 Å². The van der Waals surface area contributed by atoms with E-state index in [1.165, 1.54) is 5.56 Å². The number of hydrogen-bond acceptors (Lipinski definition) is 4. The van der Waals surface area contributed by atoms with Crippen molar-refractivity contribution in [1.29, 1.82) is 0 Å². The zero-order chi connectivity index (χ0) is 21.1. The first-order valence-corrected chi connectivity index (χ1v) is 10.8. The van der Waals surface area contributed by atoms with Crippen molar-refractivity contribution in [2.24, 2.45) is 5.92 Å². The van der Waals surface area contributed by atoms with Crippen LogP contribution in [-0.2, 0) is 22.6 Å². The van der Waals surface area contributed by atoms with Crippen molar-refractivity contribution in [3.8, 4) is 0 Å². The van der Waals surface area contributed by atoms with Gasteiger partial charge in [0.05, 0.1) is 12.2 Å². The highest BCUT2D eigenvalue weighted by molar-refractivity contribution is 6.36. The van der Waals surface area contributed by atoms with Crippen LogP contribution >= 0.6 is 0 Å². The number of benzene rings is 2. The molecule has 0 aliphatic carbocycles. The summed E-state index contributed by atoms with van der Waals surface area (Å²) in [5.74, 6) is 1.20. The summed E-state index contributed by atoms with van der Waals surface area (Å²) in [5, 5.41) is 12.3. The minimum absolute atomic E-state index is 0.104. The third kappa shape index (κ3) is 4.13. The van der Waals surface area contributed by atoms with E-state index in [0.29, 0.717) is 30.4 Å². The Bertz CT molecular complexity index is 967. The fourth-order valence-electron chi connectivity index (χ4n) is 4.21. The molecule has 158 valence electrons. The van der Waals surface area contributed by atoms with Gasteiger partial charge in [-0.3, -0.25) is 4.79 Å². The molecule has 2 aliphatic heterocycles. The van der Waals surface area contributed by atoms with Crippen molar-refractivity contribution in [2.45, 2.75) is 33.3 Å². The highest BCUT2D eigenvalue weighted by Crippen LogP contribution is 2.41. The number of aliphatic hydroxyl groups is 1. The Kier molecular flexibility index (Phi) is 6.21. The molecule has 2 N–H and O–H groups in total. The van der Waals surface area contributed by atoms with Gasteiger partial charge in [-0.2, -0.15) is 0 Å². The average Bonchev–Trinajstić information content (AvgIpc) is 3.31. The Balaban J connectivity index is 1.53. The smallest absolute Gasteiger partial charge is 0.260 e. The second-order valence-electron chi connectivity index (χ2n) is 8.27. The van der Waals surface area contributed by atoms with E-state index in [0.717, 1.165) is 48.3 Å². The van der Waals surface area contributed by atoms with Gasteiger partial charge in [0.1, 0.15) is 12.4 Å². The van der Waals surface area contributed by atoms with E-state index in [9.17, 15) is 9.90 Å². The molecular formula is C25H30N2O3. The molecule has 0 bridgehead atoms. The van der Waals surface area contributed by atoms with Crippen LogP contribution in [0.1, 0.15) is 42.5 Å². The second-order valence-corrected chi connectivity index (χ2v) is 8.27. The van der Waals surface area contributed by atoms with Crippen LogP contribution in [0.15, 0.2) is 42.5 Å². The van der Waals surface area contributed by atoms with Gasteiger partial charge in [0.25, 0.3) is 5.91 Å². The third-order valence-electron chi connectivity index (χ3n) is 6.08. The first-order chi connectivity index (χ1) is 14.6. The maximum atomic E-state index is 12.6. The van der Waals surface area contributed by atoms with Crippen molar-refractivity contribution in [3.05, 3.63) is 64.7 Å². The van der Waals surface area contributed by atoms with Crippen molar-refractivity contribution in [1.82, 2.24) is 4.90 Å². The summed E-state index contributed by atoms with van der Waals surface area (Å²) in [5.41, 5.74) is 5.75. The van der Waals surface area contributed by atoms with Crippen LogP contribution in [0.3, 0.4) is 0 Å². The van der Waals surface area contributed by atoms with E-state index in [2.05, 4.69) is 42.3 Å². The van der Waals surface area contributed by atoms with Crippen molar-refractivity contribution >= 4 is 22.9 Å². The standard InChI is InChI=1S/C25H30N2O3/c1-3-17(2)15-27(12-13-28)11-10-18-8-9-20-19(14-18)16-30-24(20)23-21-6-4-5-7-22(21)26-25(23)29/h4-9,14,17,28H,3,10-13,15-16H2,1-2H3,(H,26,29). The summed E-state index contributed by atoms with van der Waals surface area (Å²) in [6, 6.07) is 14.1. The Hall–Kier alpha value is -2.63. The molecule has 30 heavy (non-hydrogen) atoms. The first-order valence-electron chi connectivity index (χ1n) is 10.8. The fraction of sp³-hybridized carbons (Fsp3) is 0.400. The molecule has 0 spiro atoms. The lowest BCUT2D eigenvalue weighted by molar-refractivity contribution is -0.110. The van der Waals surface area contributed by atoms with Crippen LogP contribution < -0.4 is 5.32 Å². The molecule has 2 aliphatic rings. The highest BCUT2D eigenvalue weighted by Gasteiger charge is 2.32. The van der Waals surface area contributed by atoms with Crippen LogP contribution in [0.2, 0.25) is 0 Å². The van der Waals surface area contributed by atoms with Crippen LogP contribution in [0.4, 0.5) is 5.69 Å². The van der Waals surface area contributed by atoms with Crippen molar-refractivity contribution < 1.29 is 14.6 Å². The Morgan fingerprint density at radius 2 is 2.00 bits per heavy atom. The van der Waals surface area contributed by atoms with Crippen LogP contribution in [0.25, 0.3) is 11.3 Å². The Labute approximate surface area is 178 Å². The van der Waals surface area contributed by atoms with Crippen molar-refractivity contribution in [2.75, 3.05) is 31.6 Å². The van der Waals surface area contributed by atoms with Gasteiger partial charge < -0.3 is 20.1 Å². The molecule has 0 aromatic heterocycles. The van der Waals surface area contributed by atoms with Gasteiger partial charge in [0, 0.05) is 42.0 Å². The fourth-order valence-corrected chi connectivity index (χ4v) is 4.21. The monoisotopic (exact) mass is 406 g/mol. The molecule has 1 atom stereocenters. The van der Waals surface area contributed by atoms with Gasteiger partial charge in [-0.05, 0) is 24.0 Å². The van der Waals surface area contributed by atoms with E-state index in [1.807, 2.05) is 24.3 Å². The number of carbonyl (C=O) groups excluding carboxylic acids is 1. The summed E-state index contributed by atoms with van der Waals surface area (Å²) in [6.45, 7) is 7.79. The highest BCUT2D eigenvalue weighted by atomic mass is 16.5. The van der Waals surface area contributed by atoms with Gasteiger partial charge >= 0.3 is 0 Å². The molecule has 2 aromatic rings. The first kappa shape index (κ1) is 20.6. The maximum absolute atomic E-state index is 12.6. The minimum Gasteiger partial charge on any atom is -0.487 e. The number of aliphatic hydroxyl groups excluding tert-OH is 1. The summed E-state index contributed by atoms with van der Waals surface area (Å²) < 4.78 is 6.00. The number of nitrogens with one attached hydrogen (secondary N) is 1. The predicted molar refractivity (Wildman–Crippen MR) is 120 cm³/mol. The van der Waals surface area contributed by atoms with Gasteiger partial charge in [0.15, 0.2) is 0 Å². The zero-order valence-electron chi connectivity index (χ0n) is 17.8. The number of hydrogen-bond donors (Lipinski definition) is 2. The summed E-state index contributed by atoms with van der Waals surface area (Å²) in [4.78, 5) is 14.9. The SMILES string of the molecule is CCC(C)CN(CCO)CCc1ccc2c(c1)COC2=C1C(=O)Nc2ccccc21. The summed E-state index contributed by atoms with van der Waals surface area (Å²) in [7, 11) is 0. The number of carbonyl (C=O) groups is 1. The number of anilines is 1. The molecule has 0 fully saturated rings. The molecule has 1 unspecified atom stereocenters. The number of amides is 1. The van der Waals surface area contributed by atoms with Gasteiger partial charge in [-0.15, -0.1) is 0 Å². The molecule has 2 heterocycles. The van der Waals surface area contributed by atoms with Gasteiger partial charge in [0.2, 0.25) is 0 Å². The Morgan fingerprint density at radius 1 is 1.17 bits per heavy atom. The van der Waals surface area contributed by atoms with Gasteiger partial charge in [-0.1, -0.05) is 56.7 Å². The number of fused-ring (bicyclic) bond motifs is 2. The molecule has 2 aromatic carbocycles. The lowest BCUT2D eigenvalue weighted by Gasteiger charge is -2.24. The molecule has 1 amide bonds. The Morgan fingerprint density at radius 3 is 2.80 bits per heavy atom. The normalized spacial score (nSPS) is 18.2. The van der Waals surface area contributed by atoms with Crippen LogP contribution in [-0.4, -0.2) is 42.2 Å². The van der Waals surface area contributed by atoms with E-state index in [1.54, 1.807) is 0 Å². The topological polar surface area (TPSA) is 61.8 Å². The second kappa shape index (κ2) is 9.02. The van der Waals surface area contributed by atoms with E-state index < -0.39 is 0 Å². The summed E-state index contributed by atoms with van der Waals surface area (Å²) in [6.07, 6.45) is 2.07. The largest absolute Gasteiger partial charge is 0.487 e. The lowest BCUT2D eigenvalue weighted by Crippen LogP contribution is -2.33. The molecule has 0 radical (unpaired) electrons. The molecule has 5 nitrogen and oxygen atoms in total. The zero-order valence-corrected chi connectivity index (χ0v) is 17.8. The average molecular weight is 407 g/mol. The predicted octanol–water partition coefficient (Wildman–Crippen LogP) is 3.92. The van der Waals surface area contributed by atoms with Crippen LogP contribution in [0, 0.1) is 5.92 Å². The molecule has 0 saturated carbocycles. The molecular weight excluding hydrogens is 376 g/mol. The van der Waals surface area contributed by atoms with E-state index in [4.69, 9.17) is 4.74 Å². The number of nitrogens with zero attached hydrogens (tertiary/aromatic N) is 1. The third-order valence-corrected chi connectivity index (χ3v) is 6.08. The molecule has 0 saturated heterocycles. The molecule has 5 heteroatoms. The van der Waals surface area contributed by atoms with E-state index in [-0.39, 0.29) is 12.5 Å². The maximum Gasteiger partial charge on any atom is 0.260 e. The number of para-hydroxylation sites is 1. The van der Waals surface area contributed by atoms with Crippen molar-refractivity contribution in [3.63, 3.8) is 0 Å². The minimum atomic E-state index is -0.104. The number of rotatable bonds is 8. The lowest BCUT2D eigenvalue weighted by atomic mass is 9.98. The molecule has 4 rings (SSSR count). The van der Waals surface area contributed by atoms with Crippen LogP contribution in [0.5, 0.6) is 0 Å². The van der Waals surface area contributed by atoms with E-state index >= 15 is 0 Å². The quantitative estimate of drug-likeness (QED) is 0.653. The summed E-state index contributed by atoms with van der Waals surface area (Å²) >= 11 is 0.